The molecule has 18 heavy (non-hydrogen) atoms. The molecule has 0 bridgehead atoms. The Balaban J connectivity index is 2.09. The highest BCUT2D eigenvalue weighted by molar-refractivity contribution is 7.99. The zero-order chi connectivity index (χ0) is 12.5. The number of thioether (sulfide) groups is 1. The number of fused-ring (bicyclic) bond motifs is 1. The Bertz CT molecular complexity index is 570. The molecule has 0 aliphatic carbocycles. The molecule has 0 radical (unpaired) electrons. The van der Waals surface area contributed by atoms with E-state index < -0.39 is 0 Å². The zero-order valence-electron chi connectivity index (χ0n) is 10.5. The van der Waals surface area contributed by atoms with Crippen molar-refractivity contribution in [1.82, 2.24) is 4.98 Å². The molecule has 0 spiro atoms. The highest BCUT2D eigenvalue weighted by atomic mass is 32.2. The molecule has 1 fully saturated rings. The quantitative estimate of drug-likeness (QED) is 0.800. The smallest absolute Gasteiger partial charge is 0.0724 e. The molecule has 2 N–H and O–H groups in total. The molecule has 3 rings (SSSR count). The maximum Gasteiger partial charge on any atom is 0.0724 e. The van der Waals surface area contributed by atoms with Crippen LogP contribution in [0.1, 0.15) is 6.92 Å². The molecule has 1 aliphatic rings. The van der Waals surface area contributed by atoms with E-state index in [2.05, 4.69) is 28.9 Å². The minimum Gasteiger partial charge on any atom is -0.396 e. The molecule has 1 saturated heterocycles. The van der Waals surface area contributed by atoms with Crippen molar-refractivity contribution in [3.8, 4) is 0 Å². The molecule has 1 atom stereocenters. The van der Waals surface area contributed by atoms with E-state index in [1.165, 1.54) is 11.5 Å². The summed E-state index contributed by atoms with van der Waals surface area (Å²) in [6, 6.07) is 8.70. The second kappa shape index (κ2) is 4.69. The second-order valence-corrected chi connectivity index (χ2v) is 5.84. The van der Waals surface area contributed by atoms with Gasteiger partial charge in [0, 0.05) is 35.7 Å². The van der Waals surface area contributed by atoms with E-state index >= 15 is 0 Å². The monoisotopic (exact) mass is 259 g/mol. The van der Waals surface area contributed by atoms with Gasteiger partial charge in [0.15, 0.2) is 0 Å². The van der Waals surface area contributed by atoms with Crippen molar-refractivity contribution < 1.29 is 0 Å². The van der Waals surface area contributed by atoms with Crippen LogP contribution in [0.25, 0.3) is 10.9 Å². The average Bonchev–Trinajstić information content (AvgIpc) is 2.41. The molecule has 3 nitrogen and oxygen atoms in total. The number of rotatable bonds is 1. The molecule has 1 aliphatic heterocycles. The van der Waals surface area contributed by atoms with Gasteiger partial charge in [-0.25, -0.2) is 0 Å². The van der Waals surface area contributed by atoms with Crippen LogP contribution in [0.3, 0.4) is 0 Å². The Morgan fingerprint density at radius 2 is 2.28 bits per heavy atom. The summed E-state index contributed by atoms with van der Waals surface area (Å²) in [5, 5.41) is 1.06. The van der Waals surface area contributed by atoms with Crippen LogP contribution in [0.5, 0.6) is 0 Å². The molecule has 2 heterocycles. The Hall–Kier alpha value is -1.42. The number of nitrogen functional groups attached to an aromatic ring is 1. The van der Waals surface area contributed by atoms with Crippen LogP contribution in [0.4, 0.5) is 11.4 Å². The number of anilines is 2. The Morgan fingerprint density at radius 3 is 3.11 bits per heavy atom. The lowest BCUT2D eigenvalue weighted by Gasteiger charge is -2.36. The van der Waals surface area contributed by atoms with E-state index in [1.807, 2.05) is 30.1 Å². The van der Waals surface area contributed by atoms with Crippen molar-refractivity contribution in [2.24, 2.45) is 0 Å². The van der Waals surface area contributed by atoms with Crippen LogP contribution in [-0.4, -0.2) is 29.1 Å². The molecule has 2 aromatic rings. The minimum absolute atomic E-state index is 0.542. The first kappa shape index (κ1) is 11.7. The summed E-state index contributed by atoms with van der Waals surface area (Å²) in [6.07, 6.45) is 1.81. The van der Waals surface area contributed by atoms with Gasteiger partial charge in [0.1, 0.15) is 0 Å². The van der Waals surface area contributed by atoms with Gasteiger partial charge < -0.3 is 10.6 Å². The summed E-state index contributed by atoms with van der Waals surface area (Å²) < 4.78 is 0. The SMILES string of the molecule is CC1CSCCN1c1ccc2ncccc2c1N. The lowest BCUT2D eigenvalue weighted by Crippen LogP contribution is -2.40. The van der Waals surface area contributed by atoms with Gasteiger partial charge in [0.2, 0.25) is 0 Å². The molecule has 1 unspecified atom stereocenters. The molecular weight excluding hydrogens is 242 g/mol. The number of nitrogens with zero attached hydrogens (tertiary/aromatic N) is 2. The van der Waals surface area contributed by atoms with Crippen molar-refractivity contribution in [2.45, 2.75) is 13.0 Å². The number of nitrogens with two attached hydrogens (primary N) is 1. The summed E-state index contributed by atoms with van der Waals surface area (Å²) in [5.41, 5.74) is 9.31. The molecule has 1 aromatic carbocycles. The van der Waals surface area contributed by atoms with E-state index in [-0.39, 0.29) is 0 Å². The lowest BCUT2D eigenvalue weighted by atomic mass is 10.1. The van der Waals surface area contributed by atoms with Crippen LogP contribution < -0.4 is 10.6 Å². The lowest BCUT2D eigenvalue weighted by molar-refractivity contribution is 0.701. The van der Waals surface area contributed by atoms with Crippen molar-refractivity contribution >= 4 is 34.0 Å². The van der Waals surface area contributed by atoms with Crippen LogP contribution in [0.2, 0.25) is 0 Å². The summed E-state index contributed by atoms with van der Waals surface area (Å²) in [4.78, 5) is 6.76. The first-order chi connectivity index (χ1) is 8.77. The van der Waals surface area contributed by atoms with Crippen LogP contribution in [-0.2, 0) is 0 Å². The Labute approximate surface area is 111 Å². The van der Waals surface area contributed by atoms with Gasteiger partial charge in [-0.05, 0) is 31.2 Å². The normalized spacial score (nSPS) is 20.3. The van der Waals surface area contributed by atoms with E-state index in [9.17, 15) is 0 Å². The fraction of sp³-hybridized carbons (Fsp3) is 0.357. The van der Waals surface area contributed by atoms with Gasteiger partial charge in [-0.1, -0.05) is 0 Å². The number of pyridine rings is 1. The summed E-state index contributed by atoms with van der Waals surface area (Å²) in [6.45, 7) is 3.33. The third-order valence-electron chi connectivity index (χ3n) is 3.48. The predicted molar refractivity (Wildman–Crippen MR) is 80.3 cm³/mol. The second-order valence-electron chi connectivity index (χ2n) is 4.69. The van der Waals surface area contributed by atoms with E-state index in [1.54, 1.807) is 0 Å². The summed E-state index contributed by atoms with van der Waals surface area (Å²) in [7, 11) is 0. The fourth-order valence-electron chi connectivity index (χ4n) is 2.50. The topological polar surface area (TPSA) is 42.2 Å². The predicted octanol–water partition coefficient (Wildman–Crippen LogP) is 2.76. The number of hydrogen-bond donors (Lipinski definition) is 1. The Morgan fingerprint density at radius 1 is 1.39 bits per heavy atom. The summed E-state index contributed by atoms with van der Waals surface area (Å²) in [5.74, 6) is 2.35. The van der Waals surface area contributed by atoms with Gasteiger partial charge in [-0.3, -0.25) is 4.98 Å². The molecule has 94 valence electrons. The third-order valence-corrected chi connectivity index (χ3v) is 4.67. The zero-order valence-corrected chi connectivity index (χ0v) is 11.3. The Kier molecular flexibility index (Phi) is 3.04. The molecule has 4 heteroatoms. The molecule has 0 amide bonds. The van der Waals surface area contributed by atoms with Gasteiger partial charge >= 0.3 is 0 Å². The van der Waals surface area contributed by atoms with Crippen molar-refractivity contribution in [2.75, 3.05) is 28.7 Å². The van der Waals surface area contributed by atoms with Crippen molar-refractivity contribution in [3.05, 3.63) is 30.5 Å². The van der Waals surface area contributed by atoms with Crippen LogP contribution >= 0.6 is 11.8 Å². The first-order valence-electron chi connectivity index (χ1n) is 6.25. The highest BCUT2D eigenvalue weighted by Crippen LogP contribution is 2.33. The number of hydrogen-bond acceptors (Lipinski definition) is 4. The maximum atomic E-state index is 6.32. The number of benzene rings is 1. The van der Waals surface area contributed by atoms with Crippen molar-refractivity contribution in [1.29, 1.82) is 0 Å². The maximum absolute atomic E-state index is 6.32. The number of aromatic nitrogens is 1. The van der Waals surface area contributed by atoms with E-state index in [4.69, 9.17) is 5.73 Å². The standard InChI is InChI=1S/C14H17N3S/c1-10-9-18-8-7-17(10)13-5-4-12-11(14(13)15)3-2-6-16-12/h2-6,10H,7-9,15H2,1H3. The van der Waals surface area contributed by atoms with Gasteiger partial charge in [-0.15, -0.1) is 0 Å². The van der Waals surface area contributed by atoms with Gasteiger partial charge in [0.25, 0.3) is 0 Å². The highest BCUT2D eigenvalue weighted by Gasteiger charge is 2.21. The first-order valence-corrected chi connectivity index (χ1v) is 7.40. The molecule has 1 aromatic heterocycles. The third kappa shape index (κ3) is 1.90. The van der Waals surface area contributed by atoms with Crippen LogP contribution in [0.15, 0.2) is 30.5 Å². The summed E-state index contributed by atoms with van der Waals surface area (Å²) >= 11 is 2.02. The van der Waals surface area contributed by atoms with Gasteiger partial charge in [-0.2, -0.15) is 11.8 Å². The largest absolute Gasteiger partial charge is 0.396 e. The van der Waals surface area contributed by atoms with E-state index in [0.29, 0.717) is 6.04 Å². The average molecular weight is 259 g/mol. The minimum atomic E-state index is 0.542. The molecular formula is C14H17N3S. The van der Waals surface area contributed by atoms with Crippen LogP contribution in [0, 0.1) is 0 Å². The van der Waals surface area contributed by atoms with E-state index in [0.717, 1.165) is 28.8 Å². The van der Waals surface area contributed by atoms with Gasteiger partial charge in [0.05, 0.1) is 16.9 Å². The molecule has 0 saturated carbocycles. The fourth-order valence-corrected chi connectivity index (χ4v) is 3.51. The van der Waals surface area contributed by atoms with Crippen molar-refractivity contribution in [3.63, 3.8) is 0 Å².